The van der Waals surface area contributed by atoms with E-state index in [0.29, 0.717) is 11.8 Å². The van der Waals surface area contributed by atoms with Crippen LogP contribution in [0.2, 0.25) is 0 Å². The Labute approximate surface area is 115 Å². The van der Waals surface area contributed by atoms with Gasteiger partial charge in [-0.05, 0) is 43.4 Å². The van der Waals surface area contributed by atoms with Gasteiger partial charge in [-0.25, -0.2) is 0 Å². The van der Waals surface area contributed by atoms with Crippen LogP contribution in [0.25, 0.3) is 11.0 Å². The first kappa shape index (κ1) is 12.7. The lowest BCUT2D eigenvalue weighted by atomic mass is 9.72. The van der Waals surface area contributed by atoms with Gasteiger partial charge in [-0.3, -0.25) is 0 Å². The minimum Gasteiger partial charge on any atom is -0.461 e. The molecule has 2 N–H and O–H groups in total. The molecule has 3 unspecified atom stereocenters. The van der Waals surface area contributed by atoms with E-state index in [1.54, 1.807) is 0 Å². The van der Waals surface area contributed by atoms with Gasteiger partial charge in [0.15, 0.2) is 0 Å². The maximum atomic E-state index is 6.08. The zero-order valence-corrected chi connectivity index (χ0v) is 11.6. The van der Waals surface area contributed by atoms with Gasteiger partial charge in [-0.1, -0.05) is 38.0 Å². The molecule has 102 valence electrons. The van der Waals surface area contributed by atoms with Gasteiger partial charge in [0.25, 0.3) is 0 Å². The lowest BCUT2D eigenvalue weighted by molar-refractivity contribution is 0.216. The average molecular weight is 257 g/mol. The van der Waals surface area contributed by atoms with Gasteiger partial charge in [0.05, 0.1) is 0 Å². The van der Waals surface area contributed by atoms with Crippen molar-refractivity contribution in [2.24, 2.45) is 17.6 Å². The molecule has 1 heterocycles. The number of rotatable bonds is 3. The monoisotopic (exact) mass is 257 g/mol. The lowest BCUT2D eigenvalue weighted by Crippen LogP contribution is -2.28. The summed E-state index contributed by atoms with van der Waals surface area (Å²) >= 11 is 0. The van der Waals surface area contributed by atoms with Gasteiger partial charge in [-0.2, -0.15) is 0 Å². The molecule has 2 nitrogen and oxygen atoms in total. The van der Waals surface area contributed by atoms with Gasteiger partial charge >= 0.3 is 0 Å². The maximum Gasteiger partial charge on any atom is 0.134 e. The predicted octanol–water partition coefficient (Wildman–Crippen LogP) is 4.30. The van der Waals surface area contributed by atoms with Crippen molar-refractivity contribution < 1.29 is 4.42 Å². The van der Waals surface area contributed by atoms with E-state index >= 15 is 0 Å². The third kappa shape index (κ3) is 2.42. The van der Waals surface area contributed by atoms with Crippen LogP contribution in [-0.2, 0) is 0 Å². The summed E-state index contributed by atoms with van der Waals surface area (Å²) in [5, 5.41) is 1.21. The van der Waals surface area contributed by atoms with Crippen LogP contribution in [0.1, 0.15) is 44.3 Å². The average Bonchev–Trinajstić information content (AvgIpc) is 2.90. The van der Waals surface area contributed by atoms with E-state index in [0.717, 1.165) is 23.8 Å². The number of hydrogen-bond acceptors (Lipinski definition) is 2. The highest BCUT2D eigenvalue weighted by molar-refractivity contribution is 5.77. The van der Waals surface area contributed by atoms with Crippen LogP contribution in [0.15, 0.2) is 34.7 Å². The molecule has 0 aliphatic heterocycles. The number of furan rings is 1. The standard InChI is InChI=1S/C17H23NO/c1-2-12-7-8-14(11-18)15(9-12)17-10-13-5-3-4-6-16(13)19-17/h3-6,10,12,14-15H,2,7-9,11,18H2,1H3. The summed E-state index contributed by atoms with van der Waals surface area (Å²) in [7, 11) is 0. The molecule has 0 amide bonds. The van der Waals surface area contributed by atoms with Crippen LogP contribution in [-0.4, -0.2) is 6.54 Å². The summed E-state index contributed by atoms with van der Waals surface area (Å²) < 4.78 is 6.08. The molecule has 0 spiro atoms. The fourth-order valence-corrected chi connectivity index (χ4v) is 3.51. The Kier molecular flexibility index (Phi) is 3.61. The molecular weight excluding hydrogens is 234 g/mol. The van der Waals surface area contributed by atoms with Crippen LogP contribution in [0.4, 0.5) is 0 Å². The third-order valence-corrected chi connectivity index (χ3v) is 4.79. The molecule has 1 saturated carbocycles. The van der Waals surface area contributed by atoms with E-state index < -0.39 is 0 Å². The first-order valence-corrected chi connectivity index (χ1v) is 7.50. The smallest absolute Gasteiger partial charge is 0.134 e. The van der Waals surface area contributed by atoms with Crippen molar-refractivity contribution in [1.82, 2.24) is 0 Å². The number of nitrogens with two attached hydrogens (primary N) is 1. The van der Waals surface area contributed by atoms with Crippen molar-refractivity contribution in [3.8, 4) is 0 Å². The van der Waals surface area contributed by atoms with Crippen molar-refractivity contribution >= 4 is 11.0 Å². The summed E-state index contributed by atoms with van der Waals surface area (Å²) in [6.45, 7) is 3.07. The highest BCUT2D eigenvalue weighted by Crippen LogP contribution is 2.42. The highest BCUT2D eigenvalue weighted by atomic mass is 16.3. The van der Waals surface area contributed by atoms with E-state index in [1.165, 1.54) is 31.1 Å². The van der Waals surface area contributed by atoms with E-state index in [1.807, 2.05) is 6.07 Å². The zero-order chi connectivity index (χ0) is 13.2. The van der Waals surface area contributed by atoms with Crippen LogP contribution < -0.4 is 5.73 Å². The van der Waals surface area contributed by atoms with E-state index in [2.05, 4.69) is 31.2 Å². The highest BCUT2D eigenvalue weighted by Gasteiger charge is 2.32. The molecule has 1 aromatic heterocycles. The summed E-state index contributed by atoms with van der Waals surface area (Å²) in [6.07, 6.45) is 5.08. The minimum absolute atomic E-state index is 0.510. The Morgan fingerprint density at radius 2 is 2.11 bits per heavy atom. The number of benzene rings is 1. The van der Waals surface area contributed by atoms with Crippen molar-refractivity contribution in [1.29, 1.82) is 0 Å². The van der Waals surface area contributed by atoms with Gasteiger partial charge < -0.3 is 10.2 Å². The Hall–Kier alpha value is -1.28. The molecule has 1 aliphatic rings. The fourth-order valence-electron chi connectivity index (χ4n) is 3.51. The van der Waals surface area contributed by atoms with Crippen molar-refractivity contribution in [3.05, 3.63) is 36.1 Å². The minimum atomic E-state index is 0.510. The van der Waals surface area contributed by atoms with Gasteiger partial charge in [0.2, 0.25) is 0 Å². The molecule has 2 heteroatoms. The topological polar surface area (TPSA) is 39.2 Å². The third-order valence-electron chi connectivity index (χ3n) is 4.79. The Balaban J connectivity index is 1.92. The number of hydrogen-bond donors (Lipinski definition) is 1. The van der Waals surface area contributed by atoms with E-state index in [-0.39, 0.29) is 0 Å². The predicted molar refractivity (Wildman–Crippen MR) is 79.1 cm³/mol. The van der Waals surface area contributed by atoms with Crippen LogP contribution >= 0.6 is 0 Å². The van der Waals surface area contributed by atoms with Gasteiger partial charge in [0.1, 0.15) is 11.3 Å². The molecule has 1 aromatic carbocycles. The molecule has 0 saturated heterocycles. The lowest BCUT2D eigenvalue weighted by Gasteiger charge is -2.34. The molecular formula is C17H23NO. The molecule has 0 bridgehead atoms. The van der Waals surface area contributed by atoms with Crippen LogP contribution in [0.5, 0.6) is 0 Å². The first-order chi connectivity index (χ1) is 9.31. The first-order valence-electron chi connectivity index (χ1n) is 7.50. The molecule has 0 radical (unpaired) electrons. The van der Waals surface area contributed by atoms with Gasteiger partial charge in [-0.15, -0.1) is 0 Å². The van der Waals surface area contributed by atoms with Gasteiger partial charge in [0, 0.05) is 11.3 Å². The van der Waals surface area contributed by atoms with Crippen molar-refractivity contribution in [3.63, 3.8) is 0 Å². The Bertz CT molecular complexity index is 512. The van der Waals surface area contributed by atoms with Crippen molar-refractivity contribution in [2.75, 3.05) is 6.54 Å². The Morgan fingerprint density at radius 1 is 1.26 bits per heavy atom. The SMILES string of the molecule is CCC1CCC(CN)C(c2cc3ccccc3o2)C1. The quantitative estimate of drug-likeness (QED) is 0.890. The number of fused-ring (bicyclic) bond motifs is 1. The van der Waals surface area contributed by atoms with Crippen molar-refractivity contribution in [2.45, 2.75) is 38.5 Å². The Morgan fingerprint density at radius 3 is 2.84 bits per heavy atom. The summed E-state index contributed by atoms with van der Waals surface area (Å²) in [5.74, 6) is 3.08. The van der Waals surface area contributed by atoms with Crippen LogP contribution in [0.3, 0.4) is 0 Å². The van der Waals surface area contributed by atoms with E-state index in [9.17, 15) is 0 Å². The van der Waals surface area contributed by atoms with E-state index in [4.69, 9.17) is 10.2 Å². The summed E-state index contributed by atoms with van der Waals surface area (Å²) in [4.78, 5) is 0. The second kappa shape index (κ2) is 5.38. The largest absolute Gasteiger partial charge is 0.461 e. The molecule has 3 atom stereocenters. The second-order valence-electron chi connectivity index (χ2n) is 5.88. The molecule has 2 aromatic rings. The molecule has 19 heavy (non-hydrogen) atoms. The van der Waals surface area contributed by atoms with Crippen LogP contribution in [0, 0.1) is 11.8 Å². The summed E-state index contributed by atoms with van der Waals surface area (Å²) in [6, 6.07) is 10.5. The molecule has 1 aliphatic carbocycles. The molecule has 3 rings (SSSR count). The number of para-hydroxylation sites is 1. The fraction of sp³-hybridized carbons (Fsp3) is 0.529. The molecule has 1 fully saturated rings. The second-order valence-corrected chi connectivity index (χ2v) is 5.88. The summed E-state index contributed by atoms with van der Waals surface area (Å²) in [5.41, 5.74) is 6.98. The maximum absolute atomic E-state index is 6.08. The zero-order valence-electron chi connectivity index (χ0n) is 11.6. The normalized spacial score (nSPS) is 27.8.